The predicted octanol–water partition coefficient (Wildman–Crippen LogP) is 4.18. The molecular formula is C14H18SU. The minimum absolute atomic E-state index is 0. The third-order valence-electron chi connectivity index (χ3n) is 2.90. The average Bonchev–Trinajstić information content (AvgIpc) is 2.30. The number of hydrogen-bond donors (Lipinski definition) is 0. The topological polar surface area (TPSA) is 0 Å². The molecule has 1 aromatic rings. The van der Waals surface area contributed by atoms with Gasteiger partial charge in [-0.3, -0.25) is 0 Å². The van der Waals surface area contributed by atoms with Gasteiger partial charge in [0.25, 0.3) is 0 Å². The van der Waals surface area contributed by atoms with Crippen LogP contribution in [-0.2, 0) is 0 Å². The second-order valence-electron chi connectivity index (χ2n) is 3.84. The second-order valence-corrected chi connectivity index (χ2v) is 3.84. The summed E-state index contributed by atoms with van der Waals surface area (Å²) in [6.07, 6.45) is 9.09. The summed E-state index contributed by atoms with van der Waals surface area (Å²) in [5.41, 5.74) is 2.98. The van der Waals surface area contributed by atoms with Gasteiger partial charge in [0.15, 0.2) is 0 Å². The van der Waals surface area contributed by atoms with Crippen LogP contribution in [0.15, 0.2) is 54.1 Å². The molecule has 0 nitrogen and oxygen atoms in total. The molecule has 1 aromatic carbocycles. The predicted molar refractivity (Wildman–Crippen MR) is 71.7 cm³/mol. The molecule has 0 aliphatic heterocycles. The third-order valence-corrected chi connectivity index (χ3v) is 2.90. The number of hydrogen-bond acceptors (Lipinski definition) is 0. The largest absolute Gasteiger partial charge is 0.197 e. The van der Waals surface area contributed by atoms with E-state index in [-0.39, 0.29) is 44.6 Å². The first kappa shape index (κ1) is 16.1. The standard InChI is InChI=1S/C14H16.H2S.U/c1-12(13-8-4-2-5-9-13)14-10-6-3-7-11-14;;/h2-6,8-10,12H,7,11H2,1H3;1H2;. The van der Waals surface area contributed by atoms with Gasteiger partial charge in [0.1, 0.15) is 0 Å². The molecule has 0 N–H and O–H groups in total. The minimum Gasteiger partial charge on any atom is -0.197 e. The second kappa shape index (κ2) is 8.23. The maximum Gasteiger partial charge on any atom is 0.00230 e. The van der Waals surface area contributed by atoms with Gasteiger partial charge in [-0.2, -0.15) is 13.5 Å². The Hall–Kier alpha value is 0.102. The summed E-state index contributed by atoms with van der Waals surface area (Å²) in [6.45, 7) is 2.29. The van der Waals surface area contributed by atoms with Crippen LogP contribution in [0.5, 0.6) is 0 Å². The van der Waals surface area contributed by atoms with Gasteiger partial charge in [-0.1, -0.05) is 61.1 Å². The molecular weight excluding hydrogens is 438 g/mol. The SMILES string of the molecule is CC(C1=CC=CCC1)c1ccccc1.S.[U]. The van der Waals surface area contributed by atoms with Crippen molar-refractivity contribution in [2.75, 3.05) is 0 Å². The molecule has 2 rings (SSSR count). The molecule has 1 aliphatic carbocycles. The van der Waals surface area contributed by atoms with Gasteiger partial charge < -0.3 is 0 Å². The van der Waals surface area contributed by atoms with Crippen molar-refractivity contribution < 1.29 is 31.1 Å². The molecule has 1 atom stereocenters. The van der Waals surface area contributed by atoms with Crippen molar-refractivity contribution in [3.8, 4) is 0 Å². The Morgan fingerprint density at radius 2 is 1.81 bits per heavy atom. The van der Waals surface area contributed by atoms with Crippen molar-refractivity contribution >= 4 is 13.5 Å². The van der Waals surface area contributed by atoms with Crippen LogP contribution in [0.3, 0.4) is 0 Å². The zero-order chi connectivity index (χ0) is 9.80. The van der Waals surface area contributed by atoms with Gasteiger partial charge in [0, 0.05) is 37.0 Å². The summed E-state index contributed by atoms with van der Waals surface area (Å²) in [4.78, 5) is 0. The van der Waals surface area contributed by atoms with E-state index >= 15 is 0 Å². The van der Waals surface area contributed by atoms with Crippen molar-refractivity contribution in [3.63, 3.8) is 0 Å². The van der Waals surface area contributed by atoms with Gasteiger partial charge in [0.2, 0.25) is 0 Å². The quantitative estimate of drug-likeness (QED) is 0.627. The zero-order valence-corrected chi connectivity index (χ0v) is 14.8. The summed E-state index contributed by atoms with van der Waals surface area (Å²) in [5, 5.41) is 0. The average molecular weight is 456 g/mol. The first-order valence-electron chi connectivity index (χ1n) is 5.28. The molecule has 0 radical (unpaired) electrons. The maximum absolute atomic E-state index is 2.29. The number of rotatable bonds is 2. The first-order chi connectivity index (χ1) is 6.88. The maximum atomic E-state index is 2.29. The van der Waals surface area contributed by atoms with E-state index in [1.54, 1.807) is 5.57 Å². The molecule has 0 amide bonds. The molecule has 0 spiro atoms. The van der Waals surface area contributed by atoms with E-state index in [0.29, 0.717) is 5.92 Å². The van der Waals surface area contributed by atoms with Crippen LogP contribution in [-0.4, -0.2) is 0 Å². The fraction of sp³-hybridized carbons (Fsp3) is 0.286. The smallest absolute Gasteiger partial charge is 0.00230 e. The normalized spacial score (nSPS) is 15.4. The molecule has 84 valence electrons. The monoisotopic (exact) mass is 456 g/mol. The number of allylic oxidation sites excluding steroid dienone is 4. The Bertz CT molecular complexity index is 354. The Morgan fingerprint density at radius 1 is 1.12 bits per heavy atom. The van der Waals surface area contributed by atoms with Gasteiger partial charge in [-0.25, -0.2) is 0 Å². The van der Waals surface area contributed by atoms with Crippen LogP contribution in [0.1, 0.15) is 31.2 Å². The van der Waals surface area contributed by atoms with Crippen LogP contribution < -0.4 is 0 Å². The van der Waals surface area contributed by atoms with E-state index in [2.05, 4.69) is 55.5 Å². The Kier molecular flexibility index (Phi) is 8.28. The molecule has 1 unspecified atom stereocenters. The Labute approximate surface area is 129 Å². The molecule has 0 aromatic heterocycles. The molecule has 0 bridgehead atoms. The molecule has 0 heterocycles. The zero-order valence-electron chi connectivity index (χ0n) is 9.61. The Balaban J connectivity index is 0.00000112. The fourth-order valence-electron chi connectivity index (χ4n) is 1.94. The van der Waals surface area contributed by atoms with Crippen molar-refractivity contribution in [2.24, 2.45) is 0 Å². The Morgan fingerprint density at radius 3 is 2.38 bits per heavy atom. The van der Waals surface area contributed by atoms with Crippen LogP contribution in [0.4, 0.5) is 0 Å². The summed E-state index contributed by atoms with van der Waals surface area (Å²) in [6, 6.07) is 10.7. The summed E-state index contributed by atoms with van der Waals surface area (Å²) in [7, 11) is 0. The van der Waals surface area contributed by atoms with E-state index in [0.717, 1.165) is 0 Å². The van der Waals surface area contributed by atoms with Crippen molar-refractivity contribution in [2.45, 2.75) is 25.7 Å². The van der Waals surface area contributed by atoms with E-state index in [4.69, 9.17) is 0 Å². The van der Waals surface area contributed by atoms with E-state index in [1.807, 2.05) is 0 Å². The summed E-state index contributed by atoms with van der Waals surface area (Å²) >= 11 is 0. The minimum atomic E-state index is 0. The van der Waals surface area contributed by atoms with E-state index in [9.17, 15) is 0 Å². The van der Waals surface area contributed by atoms with Crippen molar-refractivity contribution in [1.82, 2.24) is 0 Å². The van der Waals surface area contributed by atoms with Crippen LogP contribution in [0.25, 0.3) is 0 Å². The molecule has 16 heavy (non-hydrogen) atoms. The van der Waals surface area contributed by atoms with Crippen molar-refractivity contribution in [1.29, 1.82) is 0 Å². The molecule has 0 saturated heterocycles. The van der Waals surface area contributed by atoms with E-state index in [1.165, 1.54) is 18.4 Å². The molecule has 2 heteroatoms. The molecule has 1 aliphatic rings. The molecule has 0 saturated carbocycles. The first-order valence-corrected chi connectivity index (χ1v) is 5.28. The summed E-state index contributed by atoms with van der Waals surface area (Å²) in [5.74, 6) is 0.571. The third kappa shape index (κ3) is 4.17. The van der Waals surface area contributed by atoms with Crippen molar-refractivity contribution in [3.05, 3.63) is 59.7 Å². The fourth-order valence-corrected chi connectivity index (χ4v) is 1.94. The van der Waals surface area contributed by atoms with Crippen LogP contribution >= 0.6 is 13.5 Å². The van der Waals surface area contributed by atoms with Gasteiger partial charge >= 0.3 is 0 Å². The number of benzene rings is 1. The van der Waals surface area contributed by atoms with Crippen LogP contribution in [0.2, 0.25) is 0 Å². The van der Waals surface area contributed by atoms with Gasteiger partial charge in [-0.05, 0) is 18.4 Å². The summed E-state index contributed by atoms with van der Waals surface area (Å²) < 4.78 is 0. The van der Waals surface area contributed by atoms with Crippen LogP contribution in [0, 0.1) is 31.1 Å². The van der Waals surface area contributed by atoms with E-state index < -0.39 is 0 Å². The molecule has 0 fully saturated rings. The van der Waals surface area contributed by atoms with Gasteiger partial charge in [-0.15, -0.1) is 0 Å². The van der Waals surface area contributed by atoms with Gasteiger partial charge in [0.05, 0.1) is 0 Å².